The summed E-state index contributed by atoms with van der Waals surface area (Å²) in [5, 5.41) is 0.533. The average molecular weight is 359 g/mol. The summed E-state index contributed by atoms with van der Waals surface area (Å²) in [6.45, 7) is 5.33. The first-order valence-electron chi connectivity index (χ1n) is 7.93. The smallest absolute Gasteiger partial charge is 0.263 e. The lowest BCUT2D eigenvalue weighted by Crippen LogP contribution is -2.40. The van der Waals surface area contributed by atoms with E-state index in [0.717, 1.165) is 31.5 Å². The van der Waals surface area contributed by atoms with Gasteiger partial charge in [-0.15, -0.1) is 12.4 Å². The maximum atomic E-state index is 12.6. The predicted octanol–water partition coefficient (Wildman–Crippen LogP) is 3.03. The van der Waals surface area contributed by atoms with Crippen LogP contribution in [-0.4, -0.2) is 36.0 Å². The summed E-state index contributed by atoms with van der Waals surface area (Å²) in [6.07, 6.45) is 1.69. The van der Waals surface area contributed by atoms with E-state index in [1.54, 1.807) is 13.0 Å². The minimum absolute atomic E-state index is 0. The Hall–Kier alpha value is -0.970. The molecule has 0 radical (unpaired) electrons. The second kappa shape index (κ2) is 7.29. The lowest BCUT2D eigenvalue weighted by Gasteiger charge is -2.23. The minimum atomic E-state index is -0.533. The van der Waals surface area contributed by atoms with Gasteiger partial charge in [0.25, 0.3) is 5.91 Å². The van der Waals surface area contributed by atoms with Crippen molar-refractivity contribution in [2.75, 3.05) is 13.1 Å². The molecule has 2 aliphatic rings. The monoisotopic (exact) mass is 358 g/mol. The van der Waals surface area contributed by atoms with E-state index in [2.05, 4.69) is 0 Å². The molecule has 1 heterocycles. The van der Waals surface area contributed by atoms with Crippen LogP contribution in [0.15, 0.2) is 18.2 Å². The van der Waals surface area contributed by atoms with Gasteiger partial charge in [0.2, 0.25) is 0 Å². The SMILES string of the molecule is Cc1ccc(Cl)c(OC(C)C(=O)N2CC3CCC(N)C3C2)c1.Cl. The molecular weight excluding hydrogens is 335 g/mol. The van der Waals surface area contributed by atoms with Crippen LogP contribution in [0, 0.1) is 18.8 Å². The molecule has 128 valence electrons. The zero-order valence-corrected chi connectivity index (χ0v) is 15.1. The Labute approximate surface area is 148 Å². The third-order valence-corrected chi connectivity index (χ3v) is 5.27. The van der Waals surface area contributed by atoms with Gasteiger partial charge in [0, 0.05) is 19.1 Å². The van der Waals surface area contributed by atoms with Crippen molar-refractivity contribution in [1.82, 2.24) is 4.90 Å². The zero-order chi connectivity index (χ0) is 15.9. The van der Waals surface area contributed by atoms with Crippen molar-refractivity contribution < 1.29 is 9.53 Å². The normalized spacial score (nSPS) is 27.3. The van der Waals surface area contributed by atoms with Crippen LogP contribution in [0.3, 0.4) is 0 Å². The number of nitrogens with zero attached hydrogens (tertiary/aromatic N) is 1. The van der Waals surface area contributed by atoms with Gasteiger partial charge in [-0.1, -0.05) is 17.7 Å². The number of benzene rings is 1. The summed E-state index contributed by atoms with van der Waals surface area (Å²) in [5.41, 5.74) is 7.19. The summed E-state index contributed by atoms with van der Waals surface area (Å²) in [7, 11) is 0. The Bertz CT molecular complexity index is 582. The number of fused-ring (bicyclic) bond motifs is 1. The van der Waals surface area contributed by atoms with Crippen LogP contribution in [-0.2, 0) is 4.79 Å². The number of hydrogen-bond donors (Lipinski definition) is 1. The summed E-state index contributed by atoms with van der Waals surface area (Å²) in [5.74, 6) is 1.62. The number of rotatable bonds is 3. The highest BCUT2D eigenvalue weighted by atomic mass is 35.5. The summed E-state index contributed by atoms with van der Waals surface area (Å²) in [6, 6.07) is 5.82. The van der Waals surface area contributed by atoms with Crippen molar-refractivity contribution in [2.45, 2.75) is 38.8 Å². The lowest BCUT2D eigenvalue weighted by atomic mass is 9.98. The molecule has 1 amide bonds. The fraction of sp³-hybridized carbons (Fsp3) is 0.588. The van der Waals surface area contributed by atoms with Crippen molar-refractivity contribution in [3.05, 3.63) is 28.8 Å². The number of ether oxygens (including phenoxy) is 1. The maximum absolute atomic E-state index is 12.6. The van der Waals surface area contributed by atoms with Crippen LogP contribution in [0.1, 0.15) is 25.3 Å². The molecule has 3 rings (SSSR count). The summed E-state index contributed by atoms with van der Waals surface area (Å²) < 4.78 is 5.79. The Morgan fingerprint density at radius 2 is 2.13 bits per heavy atom. The minimum Gasteiger partial charge on any atom is -0.479 e. The fourth-order valence-corrected chi connectivity index (χ4v) is 3.85. The van der Waals surface area contributed by atoms with Gasteiger partial charge in [0.05, 0.1) is 5.02 Å². The second-order valence-corrected chi connectivity index (χ2v) is 7.01. The Balaban J connectivity index is 0.00000192. The van der Waals surface area contributed by atoms with E-state index in [-0.39, 0.29) is 24.4 Å². The van der Waals surface area contributed by atoms with Gasteiger partial charge in [0.15, 0.2) is 6.10 Å². The van der Waals surface area contributed by atoms with Crippen molar-refractivity contribution in [1.29, 1.82) is 0 Å². The predicted molar refractivity (Wildman–Crippen MR) is 94.3 cm³/mol. The van der Waals surface area contributed by atoms with Crippen molar-refractivity contribution in [3.63, 3.8) is 0 Å². The number of carbonyl (C=O) groups excluding carboxylic acids is 1. The molecule has 23 heavy (non-hydrogen) atoms. The van der Waals surface area contributed by atoms with Gasteiger partial charge in [-0.05, 0) is 56.2 Å². The van der Waals surface area contributed by atoms with Gasteiger partial charge in [-0.2, -0.15) is 0 Å². The molecule has 0 bridgehead atoms. The second-order valence-electron chi connectivity index (χ2n) is 6.60. The third kappa shape index (κ3) is 3.76. The number of aryl methyl sites for hydroxylation is 1. The van der Waals surface area contributed by atoms with Crippen LogP contribution in [0.25, 0.3) is 0 Å². The highest BCUT2D eigenvalue weighted by Gasteiger charge is 2.43. The van der Waals surface area contributed by atoms with E-state index in [0.29, 0.717) is 22.6 Å². The molecular formula is C17H24Cl2N2O2. The lowest BCUT2D eigenvalue weighted by molar-refractivity contribution is -0.137. The molecule has 1 aliphatic heterocycles. The molecule has 1 aromatic carbocycles. The summed E-state index contributed by atoms with van der Waals surface area (Å²) >= 11 is 6.14. The third-order valence-electron chi connectivity index (χ3n) is 4.96. The molecule has 4 nitrogen and oxygen atoms in total. The van der Waals surface area contributed by atoms with Crippen LogP contribution in [0.5, 0.6) is 5.75 Å². The Morgan fingerprint density at radius 3 is 2.83 bits per heavy atom. The molecule has 4 atom stereocenters. The van der Waals surface area contributed by atoms with Crippen LogP contribution in [0.2, 0.25) is 5.02 Å². The first-order chi connectivity index (χ1) is 10.5. The number of nitrogens with two attached hydrogens (primary N) is 1. The van der Waals surface area contributed by atoms with Crippen LogP contribution < -0.4 is 10.5 Å². The molecule has 1 aromatic rings. The molecule has 2 N–H and O–H groups in total. The van der Waals surface area contributed by atoms with Gasteiger partial charge in [0.1, 0.15) is 5.75 Å². The van der Waals surface area contributed by atoms with E-state index < -0.39 is 6.10 Å². The largest absolute Gasteiger partial charge is 0.479 e. The van der Waals surface area contributed by atoms with Crippen molar-refractivity contribution >= 4 is 29.9 Å². The van der Waals surface area contributed by atoms with E-state index in [9.17, 15) is 4.79 Å². The van der Waals surface area contributed by atoms with E-state index in [1.807, 2.05) is 24.0 Å². The standard InChI is InChI=1S/C17H23ClN2O2.ClH/c1-10-3-5-14(18)16(7-10)22-11(2)17(21)20-8-12-4-6-15(19)13(12)9-20;/h3,5,7,11-13,15H,4,6,8-9,19H2,1-2H3;1H. The van der Waals surface area contributed by atoms with Gasteiger partial charge in [-0.25, -0.2) is 0 Å². The Morgan fingerprint density at radius 1 is 1.39 bits per heavy atom. The first-order valence-corrected chi connectivity index (χ1v) is 8.30. The van der Waals surface area contributed by atoms with E-state index >= 15 is 0 Å². The quantitative estimate of drug-likeness (QED) is 0.903. The number of carbonyl (C=O) groups is 1. The van der Waals surface area contributed by atoms with Gasteiger partial charge in [-0.3, -0.25) is 4.79 Å². The van der Waals surface area contributed by atoms with Crippen LogP contribution in [0.4, 0.5) is 0 Å². The van der Waals surface area contributed by atoms with Crippen LogP contribution >= 0.6 is 24.0 Å². The number of amides is 1. The molecule has 2 fully saturated rings. The maximum Gasteiger partial charge on any atom is 0.263 e. The number of hydrogen-bond acceptors (Lipinski definition) is 3. The van der Waals surface area contributed by atoms with Crippen molar-refractivity contribution in [2.24, 2.45) is 17.6 Å². The molecule has 0 aromatic heterocycles. The molecule has 0 spiro atoms. The number of halogens is 2. The number of likely N-dealkylation sites (tertiary alicyclic amines) is 1. The summed E-state index contributed by atoms with van der Waals surface area (Å²) in [4.78, 5) is 14.5. The van der Waals surface area contributed by atoms with E-state index in [4.69, 9.17) is 22.1 Å². The molecule has 1 saturated carbocycles. The highest BCUT2D eigenvalue weighted by molar-refractivity contribution is 6.32. The van der Waals surface area contributed by atoms with Crippen molar-refractivity contribution in [3.8, 4) is 5.75 Å². The first kappa shape index (κ1) is 18.4. The van der Waals surface area contributed by atoms with E-state index in [1.165, 1.54) is 0 Å². The molecule has 1 aliphatic carbocycles. The van der Waals surface area contributed by atoms with Gasteiger partial charge < -0.3 is 15.4 Å². The molecule has 1 saturated heterocycles. The highest BCUT2D eigenvalue weighted by Crippen LogP contribution is 2.37. The average Bonchev–Trinajstić information content (AvgIpc) is 3.04. The van der Waals surface area contributed by atoms with Gasteiger partial charge >= 0.3 is 0 Å². The Kier molecular flexibility index (Phi) is 5.82. The molecule has 6 heteroatoms. The fourth-order valence-electron chi connectivity index (χ4n) is 3.69. The topological polar surface area (TPSA) is 55.6 Å². The zero-order valence-electron chi connectivity index (χ0n) is 13.5. The molecule has 4 unspecified atom stereocenters.